The molecule has 1 N–H and O–H groups in total. The number of carbonyl (C=O) groups excluding carboxylic acids is 1. The largest absolute Gasteiger partial charge is 0.352 e. The van der Waals surface area contributed by atoms with E-state index in [0.29, 0.717) is 19.0 Å². The van der Waals surface area contributed by atoms with Gasteiger partial charge in [-0.25, -0.2) is 0 Å². The van der Waals surface area contributed by atoms with Crippen molar-refractivity contribution in [3.05, 3.63) is 52.8 Å². The first kappa shape index (κ1) is 20.6. The molecule has 5 nitrogen and oxygen atoms in total. The number of nitrogens with one attached hydrogen (secondary N) is 1. The van der Waals surface area contributed by atoms with Gasteiger partial charge in [0.15, 0.2) is 0 Å². The molecule has 1 aliphatic rings. The third-order valence-electron chi connectivity index (χ3n) is 6.17. The molecule has 0 aliphatic heterocycles. The Labute approximate surface area is 169 Å². The average molecular weight is 383 g/mol. The Morgan fingerprint density at radius 2 is 1.89 bits per heavy atom. The summed E-state index contributed by atoms with van der Waals surface area (Å²) in [5, 5.41) is 7.35. The molecule has 0 atom stereocenters. The summed E-state index contributed by atoms with van der Waals surface area (Å²) in [6.07, 6.45) is 9.79. The summed E-state index contributed by atoms with van der Waals surface area (Å²) in [6, 6.07) is 9.18. The second-order valence-electron chi connectivity index (χ2n) is 8.13. The minimum absolute atomic E-state index is 0.0960. The molecule has 1 aromatic heterocycles. The van der Waals surface area contributed by atoms with Gasteiger partial charge >= 0.3 is 0 Å². The van der Waals surface area contributed by atoms with Gasteiger partial charge in [-0.2, -0.15) is 5.10 Å². The number of aromatic nitrogens is 2. The maximum absolute atomic E-state index is 12.3. The van der Waals surface area contributed by atoms with Gasteiger partial charge in [0.1, 0.15) is 0 Å². The number of carbonyl (C=O) groups is 1. The van der Waals surface area contributed by atoms with Crippen molar-refractivity contribution in [1.29, 1.82) is 0 Å². The number of aryl methyl sites for hydroxylation is 2. The van der Waals surface area contributed by atoms with Gasteiger partial charge in [-0.05, 0) is 49.9 Å². The molecule has 1 amide bonds. The Bertz CT molecular complexity index is 777. The van der Waals surface area contributed by atoms with E-state index in [1.165, 1.54) is 43.2 Å². The molecule has 152 valence electrons. The highest BCUT2D eigenvalue weighted by Gasteiger charge is 2.18. The van der Waals surface area contributed by atoms with Crippen LogP contribution in [0.15, 0.2) is 30.5 Å². The van der Waals surface area contributed by atoms with Crippen LogP contribution in [0.25, 0.3) is 0 Å². The molecule has 1 aromatic carbocycles. The molecule has 1 saturated carbocycles. The number of amides is 1. The molecule has 1 aliphatic carbocycles. The van der Waals surface area contributed by atoms with Gasteiger partial charge in [-0.3, -0.25) is 14.4 Å². The van der Waals surface area contributed by atoms with Crippen molar-refractivity contribution >= 4 is 5.91 Å². The van der Waals surface area contributed by atoms with Crippen LogP contribution in [0, 0.1) is 6.92 Å². The maximum atomic E-state index is 12.3. The molecule has 0 spiro atoms. The van der Waals surface area contributed by atoms with Crippen molar-refractivity contribution in [2.45, 2.75) is 71.0 Å². The standard InChI is InChI=1S/C23H34N4O/c1-18-19(16-25-27(18)3)13-14-23(28)24-15-20-9-7-8-10-21(20)17-26(2)22-11-5-4-6-12-22/h7-10,16,22H,4-6,11-15,17H2,1-3H3,(H,24,28). The van der Waals surface area contributed by atoms with Gasteiger partial charge in [0, 0.05) is 38.3 Å². The third-order valence-corrected chi connectivity index (χ3v) is 6.17. The van der Waals surface area contributed by atoms with Crippen molar-refractivity contribution < 1.29 is 4.79 Å². The highest BCUT2D eigenvalue weighted by atomic mass is 16.1. The van der Waals surface area contributed by atoms with E-state index in [0.717, 1.165) is 24.2 Å². The van der Waals surface area contributed by atoms with E-state index in [-0.39, 0.29) is 5.91 Å². The van der Waals surface area contributed by atoms with Gasteiger partial charge in [0.05, 0.1) is 6.20 Å². The smallest absolute Gasteiger partial charge is 0.220 e. The molecule has 3 rings (SSSR count). The van der Waals surface area contributed by atoms with Crippen LogP contribution in [0.5, 0.6) is 0 Å². The first-order valence-corrected chi connectivity index (χ1v) is 10.6. The fourth-order valence-corrected chi connectivity index (χ4v) is 4.12. The van der Waals surface area contributed by atoms with Crippen LogP contribution in [-0.2, 0) is 31.4 Å². The first-order valence-electron chi connectivity index (χ1n) is 10.6. The second kappa shape index (κ2) is 9.87. The van der Waals surface area contributed by atoms with Crippen molar-refractivity contribution in [1.82, 2.24) is 20.0 Å². The summed E-state index contributed by atoms with van der Waals surface area (Å²) in [7, 11) is 4.17. The molecule has 28 heavy (non-hydrogen) atoms. The minimum atomic E-state index is 0.0960. The highest BCUT2D eigenvalue weighted by Crippen LogP contribution is 2.23. The molecule has 1 fully saturated rings. The Hall–Kier alpha value is -2.14. The lowest BCUT2D eigenvalue weighted by atomic mass is 9.94. The van der Waals surface area contributed by atoms with E-state index in [1.807, 2.05) is 24.9 Å². The van der Waals surface area contributed by atoms with Crippen molar-refractivity contribution in [3.63, 3.8) is 0 Å². The lowest BCUT2D eigenvalue weighted by Gasteiger charge is -2.31. The lowest BCUT2D eigenvalue weighted by molar-refractivity contribution is -0.121. The SMILES string of the molecule is Cc1c(CCC(=O)NCc2ccccc2CN(C)C2CCCCC2)cnn1C. The number of hydrogen-bond acceptors (Lipinski definition) is 3. The number of hydrogen-bond donors (Lipinski definition) is 1. The molecule has 0 bridgehead atoms. The zero-order chi connectivity index (χ0) is 19.9. The molecule has 0 radical (unpaired) electrons. The molecular weight excluding hydrogens is 348 g/mol. The zero-order valence-electron chi connectivity index (χ0n) is 17.6. The highest BCUT2D eigenvalue weighted by molar-refractivity contribution is 5.76. The van der Waals surface area contributed by atoms with Crippen LogP contribution in [-0.4, -0.2) is 33.7 Å². The van der Waals surface area contributed by atoms with E-state index in [4.69, 9.17) is 0 Å². The van der Waals surface area contributed by atoms with Crippen LogP contribution in [0.1, 0.15) is 60.9 Å². The van der Waals surface area contributed by atoms with Crippen molar-refractivity contribution in [2.75, 3.05) is 7.05 Å². The van der Waals surface area contributed by atoms with Crippen LogP contribution < -0.4 is 5.32 Å². The summed E-state index contributed by atoms with van der Waals surface area (Å²) in [5.41, 5.74) is 4.81. The summed E-state index contributed by atoms with van der Waals surface area (Å²) in [4.78, 5) is 14.8. The predicted molar refractivity (Wildman–Crippen MR) is 113 cm³/mol. The first-order chi connectivity index (χ1) is 13.5. The number of benzene rings is 1. The van der Waals surface area contributed by atoms with Crippen LogP contribution in [0.2, 0.25) is 0 Å². The van der Waals surface area contributed by atoms with Gasteiger partial charge < -0.3 is 5.32 Å². The van der Waals surface area contributed by atoms with Crippen LogP contribution in [0.3, 0.4) is 0 Å². The van der Waals surface area contributed by atoms with E-state index in [2.05, 4.69) is 46.6 Å². The quantitative estimate of drug-likeness (QED) is 0.757. The van der Waals surface area contributed by atoms with E-state index in [9.17, 15) is 4.79 Å². The molecule has 2 aromatic rings. The van der Waals surface area contributed by atoms with Gasteiger partial charge in [0.2, 0.25) is 5.91 Å². The third kappa shape index (κ3) is 5.44. The number of rotatable bonds is 8. The zero-order valence-corrected chi connectivity index (χ0v) is 17.6. The summed E-state index contributed by atoms with van der Waals surface area (Å²) in [5.74, 6) is 0.0960. The van der Waals surface area contributed by atoms with Crippen LogP contribution >= 0.6 is 0 Å². The van der Waals surface area contributed by atoms with Gasteiger partial charge in [-0.1, -0.05) is 43.5 Å². The fraction of sp³-hybridized carbons (Fsp3) is 0.565. The Balaban J connectivity index is 1.51. The van der Waals surface area contributed by atoms with Crippen molar-refractivity contribution in [2.24, 2.45) is 7.05 Å². The van der Waals surface area contributed by atoms with Gasteiger partial charge in [-0.15, -0.1) is 0 Å². The maximum Gasteiger partial charge on any atom is 0.220 e. The Morgan fingerprint density at radius 3 is 2.57 bits per heavy atom. The summed E-state index contributed by atoms with van der Waals surface area (Å²) >= 11 is 0. The monoisotopic (exact) mass is 382 g/mol. The van der Waals surface area contributed by atoms with E-state index in [1.54, 1.807) is 0 Å². The molecule has 1 heterocycles. The molecule has 0 saturated heterocycles. The van der Waals surface area contributed by atoms with Crippen molar-refractivity contribution in [3.8, 4) is 0 Å². The van der Waals surface area contributed by atoms with E-state index < -0.39 is 0 Å². The minimum Gasteiger partial charge on any atom is -0.352 e. The number of nitrogens with zero attached hydrogens (tertiary/aromatic N) is 3. The molecule has 0 unspecified atom stereocenters. The fourth-order valence-electron chi connectivity index (χ4n) is 4.12. The molecule has 5 heteroatoms. The second-order valence-corrected chi connectivity index (χ2v) is 8.13. The normalized spacial score (nSPS) is 15.1. The van der Waals surface area contributed by atoms with E-state index >= 15 is 0 Å². The van der Waals surface area contributed by atoms with Gasteiger partial charge in [0.25, 0.3) is 0 Å². The Morgan fingerprint density at radius 1 is 1.18 bits per heavy atom. The van der Waals surface area contributed by atoms with Crippen LogP contribution in [0.4, 0.5) is 0 Å². The lowest BCUT2D eigenvalue weighted by Crippen LogP contribution is -2.33. The Kier molecular flexibility index (Phi) is 7.26. The summed E-state index contributed by atoms with van der Waals surface area (Å²) < 4.78 is 1.85. The molecular formula is C23H34N4O. The predicted octanol–water partition coefficient (Wildman–Crippen LogP) is 3.74. The average Bonchev–Trinajstić information content (AvgIpc) is 3.04. The summed E-state index contributed by atoms with van der Waals surface area (Å²) in [6.45, 7) is 3.59. The topological polar surface area (TPSA) is 50.2 Å².